The number of hydrogen-bond acceptors (Lipinski definition) is 5. The molecule has 124 valence electrons. The molecule has 2 heterocycles. The highest BCUT2D eigenvalue weighted by molar-refractivity contribution is 8.14. The molecule has 0 saturated carbocycles. The summed E-state index contributed by atoms with van der Waals surface area (Å²) in [6, 6.07) is 7.23. The molecule has 0 saturated heterocycles. The second kappa shape index (κ2) is 5.79. The Morgan fingerprint density at radius 2 is 1.62 bits per heavy atom. The van der Waals surface area contributed by atoms with Crippen molar-refractivity contribution in [1.82, 2.24) is 18.7 Å². The van der Waals surface area contributed by atoms with Gasteiger partial charge in [0.15, 0.2) is 16.3 Å². The predicted octanol–water partition coefficient (Wildman–Crippen LogP) is 1.21. The lowest BCUT2D eigenvalue weighted by atomic mass is 10.2. The van der Waals surface area contributed by atoms with Gasteiger partial charge in [-0.3, -0.25) is 18.7 Å². The molecule has 0 N–H and O–H groups in total. The van der Waals surface area contributed by atoms with Crippen molar-refractivity contribution in [1.29, 1.82) is 0 Å². The molecule has 0 bridgehead atoms. The molecule has 0 aliphatic carbocycles. The summed E-state index contributed by atoms with van der Waals surface area (Å²) in [6.07, 6.45) is 0. The number of hydrogen-bond donors (Lipinski definition) is 0. The standard InChI is InChI=1S/C16H16N4O3S/c1-9-5-7-10(8-6-9)14(22)24-15-17-12-11(18(15)2)13(21)20(4)16(23)19(12)3/h5-8H,1-4H3. The van der Waals surface area contributed by atoms with Crippen LogP contribution in [0, 0.1) is 6.92 Å². The Morgan fingerprint density at radius 3 is 2.25 bits per heavy atom. The Morgan fingerprint density at radius 1 is 1.00 bits per heavy atom. The van der Waals surface area contributed by atoms with Gasteiger partial charge in [-0.2, -0.15) is 0 Å². The molecule has 0 atom stereocenters. The van der Waals surface area contributed by atoms with E-state index in [1.54, 1.807) is 30.8 Å². The Kier molecular flexibility index (Phi) is 3.92. The number of benzene rings is 1. The largest absolute Gasteiger partial charge is 0.332 e. The molecule has 7 nitrogen and oxygen atoms in total. The average molecular weight is 344 g/mol. The van der Waals surface area contributed by atoms with Crippen molar-refractivity contribution < 1.29 is 4.79 Å². The van der Waals surface area contributed by atoms with E-state index in [9.17, 15) is 14.4 Å². The van der Waals surface area contributed by atoms with E-state index in [4.69, 9.17) is 0 Å². The third-order valence-electron chi connectivity index (χ3n) is 3.91. The highest BCUT2D eigenvalue weighted by Crippen LogP contribution is 2.24. The zero-order valence-electron chi connectivity index (χ0n) is 13.7. The van der Waals surface area contributed by atoms with E-state index in [2.05, 4.69) is 4.98 Å². The van der Waals surface area contributed by atoms with Crippen molar-refractivity contribution in [2.45, 2.75) is 12.1 Å². The first-order valence-corrected chi connectivity index (χ1v) is 8.04. The van der Waals surface area contributed by atoms with Gasteiger partial charge in [0.1, 0.15) is 0 Å². The second-order valence-corrected chi connectivity index (χ2v) is 6.53. The smallest absolute Gasteiger partial charge is 0.316 e. The lowest BCUT2D eigenvalue weighted by molar-refractivity contribution is 0.108. The molecule has 0 amide bonds. The van der Waals surface area contributed by atoms with Crippen molar-refractivity contribution in [2.24, 2.45) is 21.1 Å². The molecule has 0 fully saturated rings. The molecule has 0 radical (unpaired) electrons. The van der Waals surface area contributed by atoms with Gasteiger partial charge in [0.05, 0.1) is 0 Å². The fraction of sp³-hybridized carbons (Fsp3) is 0.250. The van der Waals surface area contributed by atoms with Gasteiger partial charge in [0, 0.05) is 26.7 Å². The van der Waals surface area contributed by atoms with Crippen LogP contribution in [0.4, 0.5) is 0 Å². The number of imidazole rings is 1. The lowest BCUT2D eigenvalue weighted by Gasteiger charge is -2.03. The van der Waals surface area contributed by atoms with E-state index in [1.807, 2.05) is 19.1 Å². The Labute approximate surface area is 141 Å². The monoisotopic (exact) mass is 344 g/mol. The number of aromatic nitrogens is 4. The minimum Gasteiger partial charge on any atom is -0.316 e. The van der Waals surface area contributed by atoms with Crippen LogP contribution in [0.25, 0.3) is 11.2 Å². The third-order valence-corrected chi connectivity index (χ3v) is 4.87. The van der Waals surface area contributed by atoms with Crippen molar-refractivity contribution in [3.8, 4) is 0 Å². The molecule has 0 unspecified atom stereocenters. The summed E-state index contributed by atoms with van der Waals surface area (Å²) in [5.41, 5.74) is 1.30. The molecule has 0 aliphatic heterocycles. The molecule has 8 heteroatoms. The molecular weight excluding hydrogens is 328 g/mol. The quantitative estimate of drug-likeness (QED) is 0.653. The first kappa shape index (κ1) is 16.3. The summed E-state index contributed by atoms with van der Waals surface area (Å²) >= 11 is 0.933. The minimum atomic E-state index is -0.452. The first-order chi connectivity index (χ1) is 11.3. The maximum absolute atomic E-state index is 12.4. The summed E-state index contributed by atoms with van der Waals surface area (Å²) < 4.78 is 3.88. The van der Waals surface area contributed by atoms with Crippen molar-refractivity contribution in [3.63, 3.8) is 0 Å². The van der Waals surface area contributed by atoms with Gasteiger partial charge in [0.25, 0.3) is 5.56 Å². The highest BCUT2D eigenvalue weighted by atomic mass is 32.2. The normalized spacial score (nSPS) is 11.2. The lowest BCUT2D eigenvalue weighted by Crippen LogP contribution is -2.37. The van der Waals surface area contributed by atoms with Gasteiger partial charge in [-0.15, -0.1) is 0 Å². The fourth-order valence-corrected chi connectivity index (χ4v) is 3.20. The number of thioether (sulfide) groups is 1. The molecule has 3 aromatic rings. The van der Waals surface area contributed by atoms with Crippen LogP contribution in [0.2, 0.25) is 0 Å². The van der Waals surface area contributed by atoms with Crippen LogP contribution >= 0.6 is 11.8 Å². The molecule has 24 heavy (non-hydrogen) atoms. The van der Waals surface area contributed by atoms with Crippen molar-refractivity contribution in [2.75, 3.05) is 0 Å². The SMILES string of the molecule is Cc1ccc(C(=O)Sc2nc3c(c(=O)n(C)c(=O)n3C)n2C)cc1. The summed E-state index contributed by atoms with van der Waals surface area (Å²) in [6.45, 7) is 1.95. The average Bonchev–Trinajstić information content (AvgIpc) is 2.88. The van der Waals surface area contributed by atoms with E-state index in [1.165, 1.54) is 11.6 Å². The van der Waals surface area contributed by atoms with Crippen LogP contribution in [0.5, 0.6) is 0 Å². The molecule has 0 spiro atoms. The molecule has 2 aromatic heterocycles. The number of carbonyl (C=O) groups is 1. The molecular formula is C16H16N4O3S. The number of rotatable bonds is 2. The zero-order chi connectivity index (χ0) is 17.6. The summed E-state index contributed by atoms with van der Waals surface area (Å²) in [5.74, 6) is 0. The summed E-state index contributed by atoms with van der Waals surface area (Å²) in [4.78, 5) is 41.1. The number of nitrogens with zero attached hydrogens (tertiary/aromatic N) is 4. The van der Waals surface area contributed by atoms with Gasteiger partial charge < -0.3 is 4.57 Å². The fourth-order valence-electron chi connectivity index (χ4n) is 2.42. The minimum absolute atomic E-state index is 0.171. The Hall–Kier alpha value is -2.61. The molecule has 0 aliphatic rings. The second-order valence-electron chi connectivity index (χ2n) is 5.59. The van der Waals surface area contributed by atoms with Crippen LogP contribution in [0.15, 0.2) is 39.0 Å². The molecule has 1 aromatic carbocycles. The number of fused-ring (bicyclic) bond motifs is 1. The van der Waals surface area contributed by atoms with E-state index >= 15 is 0 Å². The Bertz CT molecular complexity index is 1070. The van der Waals surface area contributed by atoms with Crippen LogP contribution < -0.4 is 11.2 Å². The van der Waals surface area contributed by atoms with E-state index < -0.39 is 11.2 Å². The number of carbonyl (C=O) groups excluding carboxylic acids is 1. The van der Waals surface area contributed by atoms with Crippen LogP contribution in [-0.4, -0.2) is 23.8 Å². The Balaban J connectivity index is 2.10. The van der Waals surface area contributed by atoms with Crippen LogP contribution in [0.3, 0.4) is 0 Å². The highest BCUT2D eigenvalue weighted by Gasteiger charge is 2.19. The van der Waals surface area contributed by atoms with Gasteiger partial charge in [0.2, 0.25) is 5.12 Å². The van der Waals surface area contributed by atoms with E-state index in [0.717, 1.165) is 21.9 Å². The van der Waals surface area contributed by atoms with E-state index in [0.29, 0.717) is 16.2 Å². The predicted molar refractivity (Wildman–Crippen MR) is 92.6 cm³/mol. The van der Waals surface area contributed by atoms with Gasteiger partial charge >= 0.3 is 5.69 Å². The maximum atomic E-state index is 12.4. The van der Waals surface area contributed by atoms with Crippen LogP contribution in [-0.2, 0) is 21.1 Å². The van der Waals surface area contributed by atoms with Crippen molar-refractivity contribution >= 4 is 28.0 Å². The summed E-state index contributed by atoms with van der Waals surface area (Å²) in [7, 11) is 4.63. The summed E-state index contributed by atoms with van der Waals surface area (Å²) in [5, 5.41) is 0.198. The van der Waals surface area contributed by atoms with E-state index in [-0.39, 0.29) is 10.8 Å². The maximum Gasteiger partial charge on any atom is 0.332 e. The zero-order valence-corrected chi connectivity index (χ0v) is 14.5. The van der Waals surface area contributed by atoms with Gasteiger partial charge in [-0.05, 0) is 18.7 Å². The number of aryl methyl sites for hydroxylation is 3. The van der Waals surface area contributed by atoms with Gasteiger partial charge in [-0.1, -0.05) is 29.8 Å². The van der Waals surface area contributed by atoms with Crippen molar-refractivity contribution in [3.05, 3.63) is 56.2 Å². The topological polar surface area (TPSA) is 78.9 Å². The first-order valence-electron chi connectivity index (χ1n) is 7.22. The van der Waals surface area contributed by atoms with Gasteiger partial charge in [-0.25, -0.2) is 9.78 Å². The molecule has 3 rings (SSSR count). The van der Waals surface area contributed by atoms with Crippen LogP contribution in [0.1, 0.15) is 15.9 Å². The third kappa shape index (κ3) is 2.48.